The normalized spacial score (nSPS) is 17.2. The number of nitrogens with zero attached hydrogens (tertiary/aromatic N) is 3. The number of aromatic nitrogens is 3. The van der Waals surface area contributed by atoms with Crippen LogP contribution in [0.25, 0.3) is 11.4 Å². The van der Waals surface area contributed by atoms with Gasteiger partial charge in [-0.3, -0.25) is 14.9 Å². The Morgan fingerprint density at radius 1 is 1.10 bits per heavy atom. The lowest BCUT2D eigenvalue weighted by Crippen LogP contribution is -2.36. The van der Waals surface area contributed by atoms with Gasteiger partial charge in [0.25, 0.3) is 0 Å². The van der Waals surface area contributed by atoms with Crippen LogP contribution in [0.5, 0.6) is 11.5 Å². The van der Waals surface area contributed by atoms with Crippen molar-refractivity contribution in [1.29, 1.82) is 0 Å². The molecule has 0 aliphatic carbocycles. The number of rotatable bonds is 3. The average molecular weight is 391 g/mol. The molecule has 2 aromatic carbocycles. The van der Waals surface area contributed by atoms with Gasteiger partial charge in [-0.2, -0.15) is 4.98 Å². The van der Waals surface area contributed by atoms with Crippen molar-refractivity contribution in [1.82, 2.24) is 14.8 Å². The van der Waals surface area contributed by atoms with E-state index in [1.54, 1.807) is 18.2 Å². The van der Waals surface area contributed by atoms with Gasteiger partial charge in [0, 0.05) is 17.3 Å². The maximum Gasteiger partial charge on any atom is 0.249 e. The highest BCUT2D eigenvalue weighted by molar-refractivity contribution is 6.01. The monoisotopic (exact) mass is 391 g/mol. The summed E-state index contributed by atoms with van der Waals surface area (Å²) in [7, 11) is 0. The maximum absolute atomic E-state index is 12.9. The minimum absolute atomic E-state index is 0.0268. The molecule has 2 amide bonds. The first kappa shape index (κ1) is 17.2. The lowest BCUT2D eigenvalue weighted by atomic mass is 10.1. The number of hydrogen-bond acceptors (Lipinski definition) is 6. The van der Waals surface area contributed by atoms with Crippen molar-refractivity contribution in [2.75, 3.05) is 23.8 Å². The lowest BCUT2D eigenvalue weighted by molar-refractivity contribution is -0.125. The Balaban J connectivity index is 1.42. The summed E-state index contributed by atoms with van der Waals surface area (Å²) in [4.78, 5) is 29.4. The number of anilines is 2. The zero-order valence-electron chi connectivity index (χ0n) is 15.3. The first-order valence-electron chi connectivity index (χ1n) is 9.20. The van der Waals surface area contributed by atoms with Crippen molar-refractivity contribution in [3.63, 3.8) is 0 Å². The second-order valence-electron chi connectivity index (χ2n) is 6.69. The number of carbonyl (C=O) groups is 2. The summed E-state index contributed by atoms with van der Waals surface area (Å²) >= 11 is 0. The molecule has 0 saturated carbocycles. The van der Waals surface area contributed by atoms with Gasteiger partial charge in [0.05, 0.1) is 6.42 Å². The van der Waals surface area contributed by atoms with Gasteiger partial charge in [0.15, 0.2) is 17.3 Å². The number of benzene rings is 2. The molecule has 0 bridgehead atoms. The minimum Gasteiger partial charge on any atom is -0.486 e. The van der Waals surface area contributed by atoms with Crippen molar-refractivity contribution in [3.05, 3.63) is 48.5 Å². The minimum atomic E-state index is -0.808. The molecule has 1 atom stereocenters. The first-order chi connectivity index (χ1) is 14.2. The van der Waals surface area contributed by atoms with E-state index >= 15 is 0 Å². The molecular weight excluding hydrogens is 374 g/mol. The largest absolute Gasteiger partial charge is 0.486 e. The van der Waals surface area contributed by atoms with E-state index in [1.807, 2.05) is 30.3 Å². The van der Waals surface area contributed by atoms with Gasteiger partial charge in [0.2, 0.25) is 17.8 Å². The van der Waals surface area contributed by atoms with Gasteiger partial charge in [-0.05, 0) is 12.1 Å². The highest BCUT2D eigenvalue weighted by Gasteiger charge is 2.33. The number of ether oxygens (including phenoxy) is 2. The molecule has 9 heteroatoms. The SMILES string of the molecule is O=C1C[C@H](C(=O)Nc2ccc3c(c2)OCCO3)n2nc(-c3ccccc3)nc2N1. The standard InChI is InChI=1S/C20H17N5O4/c26-17-11-14(19(27)21-13-6-7-15-16(10-13)29-9-8-28-15)25-20(22-17)23-18(24-25)12-4-2-1-3-5-12/h1-7,10,14H,8-9,11H2,(H,21,27)(H,22,23,24,26)/t14-/m1/s1. The summed E-state index contributed by atoms with van der Waals surface area (Å²) in [6.07, 6.45) is -0.0268. The van der Waals surface area contributed by atoms with Crippen LogP contribution in [0.3, 0.4) is 0 Å². The second kappa shape index (κ2) is 6.93. The van der Waals surface area contributed by atoms with Crippen molar-refractivity contribution >= 4 is 23.5 Å². The Bertz CT molecular complexity index is 1100. The fourth-order valence-electron chi connectivity index (χ4n) is 3.32. The van der Waals surface area contributed by atoms with Gasteiger partial charge in [0.1, 0.15) is 19.3 Å². The van der Waals surface area contributed by atoms with Gasteiger partial charge < -0.3 is 14.8 Å². The Hall–Kier alpha value is -3.88. The highest BCUT2D eigenvalue weighted by Crippen LogP contribution is 2.33. The smallest absolute Gasteiger partial charge is 0.249 e. The molecule has 0 unspecified atom stereocenters. The predicted molar refractivity (Wildman–Crippen MR) is 104 cm³/mol. The summed E-state index contributed by atoms with van der Waals surface area (Å²) in [5.74, 6) is 1.26. The van der Waals surface area contributed by atoms with Gasteiger partial charge in [-0.1, -0.05) is 30.3 Å². The maximum atomic E-state index is 12.9. The van der Waals surface area contributed by atoms with E-state index in [0.717, 1.165) is 5.56 Å². The number of nitrogens with one attached hydrogen (secondary N) is 2. The molecule has 9 nitrogen and oxygen atoms in total. The number of carbonyl (C=O) groups excluding carboxylic acids is 2. The third-order valence-electron chi connectivity index (χ3n) is 4.70. The van der Waals surface area contributed by atoms with Crippen LogP contribution in [0.2, 0.25) is 0 Å². The van der Waals surface area contributed by atoms with Crippen molar-refractivity contribution in [2.45, 2.75) is 12.5 Å². The van der Waals surface area contributed by atoms with E-state index in [1.165, 1.54) is 4.68 Å². The molecule has 0 spiro atoms. The topological polar surface area (TPSA) is 107 Å². The Morgan fingerprint density at radius 3 is 2.72 bits per heavy atom. The van der Waals surface area contributed by atoms with Gasteiger partial charge in [-0.25, -0.2) is 4.68 Å². The molecule has 2 N–H and O–H groups in total. The lowest BCUT2D eigenvalue weighted by Gasteiger charge is -2.23. The van der Waals surface area contributed by atoms with Gasteiger partial charge >= 0.3 is 0 Å². The first-order valence-corrected chi connectivity index (χ1v) is 9.20. The summed E-state index contributed by atoms with van der Waals surface area (Å²) < 4.78 is 12.5. The van der Waals surface area contributed by atoms with E-state index in [9.17, 15) is 9.59 Å². The van der Waals surface area contributed by atoms with E-state index in [4.69, 9.17) is 9.47 Å². The zero-order chi connectivity index (χ0) is 19.8. The van der Waals surface area contributed by atoms with Crippen LogP contribution in [0.4, 0.5) is 11.6 Å². The summed E-state index contributed by atoms with van der Waals surface area (Å²) in [5.41, 5.74) is 1.35. The van der Waals surface area contributed by atoms with Crippen LogP contribution in [0.15, 0.2) is 48.5 Å². The molecule has 146 valence electrons. The number of amides is 2. The third-order valence-corrected chi connectivity index (χ3v) is 4.70. The van der Waals surface area contributed by atoms with Crippen LogP contribution >= 0.6 is 0 Å². The van der Waals surface area contributed by atoms with Crippen molar-refractivity contribution < 1.29 is 19.1 Å². The van der Waals surface area contributed by atoms with Crippen LogP contribution < -0.4 is 20.1 Å². The van der Waals surface area contributed by atoms with Crippen LogP contribution in [0.1, 0.15) is 12.5 Å². The molecule has 5 rings (SSSR count). The van der Waals surface area contributed by atoms with Crippen LogP contribution in [-0.2, 0) is 9.59 Å². The molecule has 29 heavy (non-hydrogen) atoms. The molecule has 2 aliphatic heterocycles. The molecule has 2 aliphatic rings. The van der Waals surface area contributed by atoms with Crippen LogP contribution in [0, 0.1) is 0 Å². The Kier molecular flexibility index (Phi) is 4.12. The van der Waals surface area contributed by atoms with E-state index in [2.05, 4.69) is 20.7 Å². The van der Waals surface area contributed by atoms with Crippen molar-refractivity contribution in [2.24, 2.45) is 0 Å². The molecule has 1 aromatic heterocycles. The Morgan fingerprint density at radius 2 is 1.90 bits per heavy atom. The Labute approximate surface area is 165 Å². The summed E-state index contributed by atoms with van der Waals surface area (Å²) in [6.45, 7) is 0.951. The molecule has 0 fully saturated rings. The zero-order valence-corrected chi connectivity index (χ0v) is 15.3. The van der Waals surface area contributed by atoms with E-state index < -0.39 is 6.04 Å². The number of hydrogen-bond donors (Lipinski definition) is 2. The fourth-order valence-corrected chi connectivity index (χ4v) is 3.32. The quantitative estimate of drug-likeness (QED) is 0.709. The van der Waals surface area contributed by atoms with Crippen LogP contribution in [-0.4, -0.2) is 39.8 Å². The molecular formula is C20H17N5O4. The second-order valence-corrected chi connectivity index (χ2v) is 6.69. The van der Waals surface area contributed by atoms with E-state index in [0.29, 0.717) is 36.2 Å². The third kappa shape index (κ3) is 3.27. The van der Waals surface area contributed by atoms with Crippen molar-refractivity contribution in [3.8, 4) is 22.9 Å². The highest BCUT2D eigenvalue weighted by atomic mass is 16.6. The molecule has 0 radical (unpaired) electrons. The molecule has 3 heterocycles. The molecule has 3 aromatic rings. The van der Waals surface area contributed by atoms with E-state index in [-0.39, 0.29) is 24.2 Å². The van der Waals surface area contributed by atoms with Gasteiger partial charge in [-0.15, -0.1) is 5.10 Å². The fraction of sp³-hybridized carbons (Fsp3) is 0.200. The molecule has 0 saturated heterocycles. The predicted octanol–water partition coefficient (Wildman–Crippen LogP) is 2.24. The number of fused-ring (bicyclic) bond motifs is 2. The summed E-state index contributed by atoms with van der Waals surface area (Å²) in [6, 6.07) is 13.7. The summed E-state index contributed by atoms with van der Waals surface area (Å²) in [5, 5.41) is 9.96. The average Bonchev–Trinajstić information content (AvgIpc) is 3.17.